The van der Waals surface area contributed by atoms with Gasteiger partial charge in [0.05, 0.1) is 11.8 Å². The lowest BCUT2D eigenvalue weighted by molar-refractivity contribution is -0.0821. The van der Waals surface area contributed by atoms with Crippen LogP contribution in [-0.2, 0) is 0 Å². The maximum atomic E-state index is 13.9. The first-order chi connectivity index (χ1) is 9.50. The maximum absolute atomic E-state index is 13.9. The lowest BCUT2D eigenvalue weighted by atomic mass is 9.43. The van der Waals surface area contributed by atoms with Crippen LogP contribution in [0.15, 0.2) is 18.5 Å². The number of ketones is 1. The van der Waals surface area contributed by atoms with Crippen LogP contribution in [0.5, 0.6) is 0 Å². The Morgan fingerprint density at radius 1 is 1.30 bits per heavy atom. The number of hydrogen-bond acceptors (Lipinski definition) is 2. The average Bonchev–Trinajstić information content (AvgIpc) is 2.35. The molecule has 4 fully saturated rings. The number of carbonyl (C=O) groups excluding carboxylic acids is 1. The summed E-state index contributed by atoms with van der Waals surface area (Å²) in [4.78, 5) is 16.8. The van der Waals surface area contributed by atoms with Crippen molar-refractivity contribution in [3.05, 3.63) is 29.8 Å². The fourth-order valence-electron chi connectivity index (χ4n) is 5.83. The average molecular weight is 273 g/mol. The highest BCUT2D eigenvalue weighted by molar-refractivity contribution is 6.01. The minimum atomic E-state index is -0.460. The molecule has 0 aliphatic heterocycles. The third-order valence-electron chi connectivity index (χ3n) is 5.85. The lowest BCUT2D eigenvalue weighted by Gasteiger charge is -2.60. The second-order valence-corrected chi connectivity index (χ2v) is 7.74. The van der Waals surface area contributed by atoms with Crippen LogP contribution in [0.2, 0.25) is 0 Å². The van der Waals surface area contributed by atoms with Gasteiger partial charge in [0.25, 0.3) is 0 Å². The van der Waals surface area contributed by atoms with Crippen molar-refractivity contribution >= 4 is 5.78 Å². The molecule has 2 atom stereocenters. The third-order valence-corrected chi connectivity index (χ3v) is 5.85. The molecule has 4 saturated carbocycles. The molecule has 20 heavy (non-hydrogen) atoms. The molecule has 0 radical (unpaired) electrons. The molecule has 1 aromatic rings. The van der Waals surface area contributed by atoms with E-state index in [0.29, 0.717) is 17.3 Å². The normalized spacial score (nSPS) is 41.9. The van der Waals surface area contributed by atoms with E-state index in [1.165, 1.54) is 25.5 Å². The van der Waals surface area contributed by atoms with Crippen molar-refractivity contribution in [2.45, 2.75) is 45.4 Å². The van der Waals surface area contributed by atoms with Crippen molar-refractivity contribution in [1.82, 2.24) is 4.98 Å². The predicted octanol–water partition coefficient (Wildman–Crippen LogP) is 4.01. The van der Waals surface area contributed by atoms with Crippen LogP contribution in [0, 0.1) is 28.5 Å². The van der Waals surface area contributed by atoms with Gasteiger partial charge in [0.2, 0.25) is 0 Å². The van der Waals surface area contributed by atoms with E-state index < -0.39 is 5.82 Å². The van der Waals surface area contributed by atoms with E-state index in [1.807, 2.05) is 0 Å². The minimum absolute atomic E-state index is 0.0396. The summed E-state index contributed by atoms with van der Waals surface area (Å²) in [7, 11) is 0. The molecule has 0 saturated heterocycles. The first-order valence-corrected chi connectivity index (χ1v) is 7.64. The second-order valence-electron chi connectivity index (χ2n) is 7.74. The first kappa shape index (κ1) is 12.5. The van der Waals surface area contributed by atoms with Crippen molar-refractivity contribution in [2.75, 3.05) is 0 Å². The number of aromatic nitrogens is 1. The predicted molar refractivity (Wildman–Crippen MR) is 73.7 cm³/mol. The molecular formula is C17H20FNO. The number of pyridine rings is 1. The van der Waals surface area contributed by atoms with Gasteiger partial charge in [-0.15, -0.1) is 0 Å². The summed E-state index contributed by atoms with van der Waals surface area (Å²) in [6, 6.07) is 1.55. The van der Waals surface area contributed by atoms with Crippen molar-refractivity contribution in [1.29, 1.82) is 0 Å². The number of rotatable bonds is 2. The molecule has 3 heteroatoms. The van der Waals surface area contributed by atoms with E-state index in [0.717, 1.165) is 25.5 Å². The third kappa shape index (κ3) is 1.68. The smallest absolute Gasteiger partial charge is 0.172 e. The van der Waals surface area contributed by atoms with Crippen molar-refractivity contribution < 1.29 is 9.18 Å². The van der Waals surface area contributed by atoms with Crippen molar-refractivity contribution in [3.8, 4) is 0 Å². The summed E-state index contributed by atoms with van der Waals surface area (Å²) in [5.41, 5.74) is 0.273. The van der Waals surface area contributed by atoms with Crippen LogP contribution in [0.3, 0.4) is 0 Å². The Morgan fingerprint density at radius 3 is 2.60 bits per heavy atom. The van der Waals surface area contributed by atoms with Crippen LogP contribution >= 0.6 is 0 Å². The molecule has 4 aliphatic carbocycles. The molecule has 4 bridgehead atoms. The Labute approximate surface area is 118 Å². The van der Waals surface area contributed by atoms with Gasteiger partial charge in [-0.1, -0.05) is 6.92 Å². The highest BCUT2D eigenvalue weighted by Gasteiger charge is 2.58. The monoisotopic (exact) mass is 273 g/mol. The largest absolute Gasteiger partial charge is 0.293 e. The molecule has 0 amide bonds. The van der Waals surface area contributed by atoms with Gasteiger partial charge in [-0.2, -0.15) is 0 Å². The number of nitrogens with zero attached hydrogens (tertiary/aromatic N) is 1. The zero-order chi connectivity index (χ0) is 14.0. The summed E-state index contributed by atoms with van der Waals surface area (Å²) in [5.74, 6) is 0.932. The van der Waals surface area contributed by atoms with E-state index in [2.05, 4.69) is 11.9 Å². The summed E-state index contributed by atoms with van der Waals surface area (Å²) >= 11 is 0. The van der Waals surface area contributed by atoms with E-state index in [4.69, 9.17) is 0 Å². The number of carbonyl (C=O) groups is 1. The summed E-state index contributed by atoms with van der Waals surface area (Å²) in [5, 5.41) is 0. The molecule has 0 aromatic carbocycles. The number of hydrogen-bond donors (Lipinski definition) is 0. The molecule has 5 rings (SSSR count). The summed E-state index contributed by atoms with van der Waals surface area (Å²) in [6.07, 6.45) is 9.39. The Hall–Kier alpha value is -1.25. The fraction of sp³-hybridized carbons (Fsp3) is 0.647. The van der Waals surface area contributed by atoms with Crippen molar-refractivity contribution in [2.24, 2.45) is 22.7 Å². The molecular weight excluding hydrogens is 253 g/mol. The zero-order valence-electron chi connectivity index (χ0n) is 11.9. The molecule has 2 nitrogen and oxygen atoms in total. The minimum Gasteiger partial charge on any atom is -0.293 e. The fourth-order valence-corrected chi connectivity index (χ4v) is 5.83. The lowest BCUT2D eigenvalue weighted by Crippen LogP contribution is -2.54. The summed E-state index contributed by atoms with van der Waals surface area (Å²) in [6.45, 7) is 2.33. The SMILES string of the molecule is CC12CC3CC(C1)CC(C(=O)c1ccncc1F)(C3)C2. The molecule has 106 valence electrons. The molecule has 0 N–H and O–H groups in total. The van der Waals surface area contributed by atoms with Gasteiger partial charge >= 0.3 is 0 Å². The topological polar surface area (TPSA) is 30.0 Å². The Kier molecular flexibility index (Phi) is 2.43. The van der Waals surface area contributed by atoms with Gasteiger partial charge in [0, 0.05) is 11.6 Å². The van der Waals surface area contributed by atoms with Gasteiger partial charge in [-0.25, -0.2) is 4.39 Å². The Morgan fingerprint density at radius 2 is 2.00 bits per heavy atom. The van der Waals surface area contributed by atoms with E-state index in [1.54, 1.807) is 6.07 Å². The molecule has 4 aliphatic rings. The van der Waals surface area contributed by atoms with E-state index >= 15 is 0 Å². The van der Waals surface area contributed by atoms with Crippen LogP contribution in [0.1, 0.15) is 55.8 Å². The highest BCUT2D eigenvalue weighted by Crippen LogP contribution is 2.65. The van der Waals surface area contributed by atoms with E-state index in [-0.39, 0.29) is 16.8 Å². The van der Waals surface area contributed by atoms with Gasteiger partial charge < -0.3 is 0 Å². The molecule has 0 spiro atoms. The zero-order valence-corrected chi connectivity index (χ0v) is 11.9. The van der Waals surface area contributed by atoms with Crippen LogP contribution in [0.4, 0.5) is 4.39 Å². The van der Waals surface area contributed by atoms with Crippen LogP contribution < -0.4 is 0 Å². The van der Waals surface area contributed by atoms with Gasteiger partial charge in [0.1, 0.15) is 0 Å². The number of halogens is 1. The quantitative estimate of drug-likeness (QED) is 0.762. The van der Waals surface area contributed by atoms with Crippen molar-refractivity contribution in [3.63, 3.8) is 0 Å². The molecule has 1 heterocycles. The number of Topliss-reactive ketones (excluding diaryl/α,β-unsaturated/α-hetero) is 1. The Bertz CT molecular complexity index is 568. The van der Waals surface area contributed by atoms with Gasteiger partial charge in [-0.3, -0.25) is 9.78 Å². The highest BCUT2D eigenvalue weighted by atomic mass is 19.1. The van der Waals surface area contributed by atoms with Crippen LogP contribution in [0.25, 0.3) is 0 Å². The molecule has 1 aromatic heterocycles. The maximum Gasteiger partial charge on any atom is 0.172 e. The van der Waals surface area contributed by atoms with Gasteiger partial charge in [0.15, 0.2) is 11.6 Å². The first-order valence-electron chi connectivity index (χ1n) is 7.64. The second kappa shape index (κ2) is 3.90. The van der Waals surface area contributed by atoms with Crippen LogP contribution in [-0.4, -0.2) is 10.8 Å². The summed E-state index contributed by atoms with van der Waals surface area (Å²) < 4.78 is 13.9. The van der Waals surface area contributed by atoms with Gasteiger partial charge in [-0.05, 0) is 61.8 Å². The molecule has 2 unspecified atom stereocenters. The Balaban J connectivity index is 1.75. The van der Waals surface area contributed by atoms with E-state index in [9.17, 15) is 9.18 Å². The standard InChI is InChI=1S/C17H20FNO/c1-16-5-11-4-12(6-16)8-17(7-11,10-16)15(20)13-2-3-19-9-14(13)18/h2-3,9,11-12H,4-8,10H2,1H3.